The highest BCUT2D eigenvalue weighted by Gasteiger charge is 2.01. The number of rotatable bonds is 1. The molecule has 0 amide bonds. The average Bonchev–Trinajstić information content (AvgIpc) is 2.69. The molecule has 0 fully saturated rings. The highest BCUT2D eigenvalue weighted by Crippen LogP contribution is 2.26. The second-order valence-electron chi connectivity index (χ2n) is 2.85. The monoisotopic (exact) mass is 263 g/mol. The molecule has 1 aromatic carbocycles. The zero-order valence-corrected chi connectivity index (χ0v) is 9.60. The number of hydrogen-bond donors (Lipinski definition) is 0. The lowest BCUT2D eigenvalue weighted by Crippen LogP contribution is -1.78. The van der Waals surface area contributed by atoms with E-state index in [1.807, 2.05) is 29.6 Å². The van der Waals surface area contributed by atoms with Crippen molar-refractivity contribution in [3.8, 4) is 17.2 Å². The van der Waals surface area contributed by atoms with Gasteiger partial charge in [-0.05, 0) is 46.2 Å². The van der Waals surface area contributed by atoms with Gasteiger partial charge in [0.1, 0.15) is 0 Å². The molecule has 2 aromatic rings. The second-order valence-corrected chi connectivity index (χ2v) is 4.55. The van der Waals surface area contributed by atoms with E-state index >= 15 is 0 Å². The number of nitriles is 1. The van der Waals surface area contributed by atoms with Crippen LogP contribution in [0.4, 0.5) is 0 Å². The fourth-order valence-corrected chi connectivity index (χ4v) is 2.41. The van der Waals surface area contributed by atoms with Crippen molar-refractivity contribution in [3.05, 3.63) is 45.1 Å². The largest absolute Gasteiger partial charge is 0.192 e. The molecule has 0 bridgehead atoms. The Morgan fingerprint density at radius 1 is 1.21 bits per heavy atom. The molecule has 14 heavy (non-hydrogen) atoms. The zero-order chi connectivity index (χ0) is 9.97. The van der Waals surface area contributed by atoms with Gasteiger partial charge >= 0.3 is 0 Å². The van der Waals surface area contributed by atoms with Gasteiger partial charge in [-0.25, -0.2) is 0 Å². The Morgan fingerprint density at radius 2 is 2.07 bits per heavy atom. The van der Waals surface area contributed by atoms with Gasteiger partial charge in [0.05, 0.1) is 11.6 Å². The fourth-order valence-electron chi connectivity index (χ4n) is 1.25. The molecule has 0 aliphatic heterocycles. The van der Waals surface area contributed by atoms with Crippen LogP contribution in [0, 0.1) is 11.3 Å². The molecule has 0 saturated heterocycles. The topological polar surface area (TPSA) is 23.8 Å². The molecule has 1 aromatic heterocycles. The first kappa shape index (κ1) is 9.45. The predicted octanol–water partition coefficient (Wildman–Crippen LogP) is 4.05. The molecule has 0 unspecified atom stereocenters. The van der Waals surface area contributed by atoms with E-state index in [9.17, 15) is 0 Å². The Kier molecular flexibility index (Phi) is 2.67. The first-order valence-corrected chi connectivity index (χ1v) is 5.76. The molecule has 0 atom stereocenters. The molecule has 0 spiro atoms. The number of benzene rings is 1. The maximum Gasteiger partial charge on any atom is 0.0992 e. The Morgan fingerprint density at radius 3 is 2.71 bits per heavy atom. The van der Waals surface area contributed by atoms with Gasteiger partial charge in [-0.3, -0.25) is 0 Å². The van der Waals surface area contributed by atoms with Crippen molar-refractivity contribution in [2.75, 3.05) is 0 Å². The van der Waals surface area contributed by atoms with Gasteiger partial charge in [-0.15, -0.1) is 0 Å². The third-order valence-corrected chi connectivity index (χ3v) is 3.02. The van der Waals surface area contributed by atoms with E-state index in [0.29, 0.717) is 5.56 Å². The van der Waals surface area contributed by atoms with Crippen LogP contribution in [0.1, 0.15) is 5.56 Å². The third-order valence-electron chi connectivity index (χ3n) is 1.88. The van der Waals surface area contributed by atoms with Crippen molar-refractivity contribution < 1.29 is 0 Å². The number of halogens is 1. The molecule has 1 heterocycles. The Balaban J connectivity index is 2.55. The Labute approximate surface area is 94.8 Å². The molecule has 0 N–H and O–H groups in total. The van der Waals surface area contributed by atoms with Crippen LogP contribution >= 0.6 is 27.3 Å². The minimum absolute atomic E-state index is 0.681. The molecule has 1 nitrogen and oxygen atoms in total. The summed E-state index contributed by atoms with van der Waals surface area (Å²) in [5, 5.41) is 12.9. The maximum atomic E-state index is 8.82. The normalized spacial score (nSPS) is 9.71. The highest BCUT2D eigenvalue weighted by molar-refractivity contribution is 9.10. The van der Waals surface area contributed by atoms with Crippen LogP contribution in [0.25, 0.3) is 11.1 Å². The SMILES string of the molecule is N#Cc1cc(Br)cc(-c2ccsc2)c1. The summed E-state index contributed by atoms with van der Waals surface area (Å²) in [5.41, 5.74) is 2.92. The summed E-state index contributed by atoms with van der Waals surface area (Å²) < 4.78 is 0.942. The van der Waals surface area contributed by atoms with E-state index in [2.05, 4.69) is 27.4 Å². The summed E-state index contributed by atoms with van der Waals surface area (Å²) in [4.78, 5) is 0. The van der Waals surface area contributed by atoms with Gasteiger partial charge in [0.2, 0.25) is 0 Å². The van der Waals surface area contributed by atoms with Crippen molar-refractivity contribution in [1.29, 1.82) is 5.26 Å². The maximum absolute atomic E-state index is 8.82. The summed E-state index contributed by atoms with van der Waals surface area (Å²) in [6, 6.07) is 9.92. The first-order valence-electron chi connectivity index (χ1n) is 4.03. The highest BCUT2D eigenvalue weighted by atomic mass is 79.9. The number of thiophene rings is 1. The Bertz CT molecular complexity index is 482. The van der Waals surface area contributed by atoms with Crippen molar-refractivity contribution in [3.63, 3.8) is 0 Å². The van der Waals surface area contributed by atoms with Crippen LogP contribution in [-0.4, -0.2) is 0 Å². The smallest absolute Gasteiger partial charge is 0.0992 e. The molecular formula is C11H6BrNS. The molecule has 0 aliphatic rings. The van der Waals surface area contributed by atoms with Crippen LogP contribution in [0.5, 0.6) is 0 Å². The molecule has 68 valence electrons. The summed E-state index contributed by atoms with van der Waals surface area (Å²) >= 11 is 5.05. The molecule has 3 heteroatoms. The predicted molar refractivity (Wildman–Crippen MR) is 62.2 cm³/mol. The molecule has 2 rings (SSSR count). The minimum atomic E-state index is 0.681. The van der Waals surface area contributed by atoms with E-state index in [-0.39, 0.29) is 0 Å². The number of nitrogens with zero attached hydrogens (tertiary/aromatic N) is 1. The number of hydrogen-bond acceptors (Lipinski definition) is 2. The van der Waals surface area contributed by atoms with Crippen LogP contribution in [-0.2, 0) is 0 Å². The van der Waals surface area contributed by atoms with Crippen molar-refractivity contribution in [2.45, 2.75) is 0 Å². The van der Waals surface area contributed by atoms with E-state index in [4.69, 9.17) is 5.26 Å². The standard InChI is InChI=1S/C11H6BrNS/c12-11-4-8(6-13)3-10(5-11)9-1-2-14-7-9/h1-5,7H. The van der Waals surface area contributed by atoms with Gasteiger partial charge < -0.3 is 0 Å². The van der Waals surface area contributed by atoms with Crippen molar-refractivity contribution in [2.24, 2.45) is 0 Å². The van der Waals surface area contributed by atoms with Crippen LogP contribution in [0.15, 0.2) is 39.5 Å². The van der Waals surface area contributed by atoms with Gasteiger partial charge in [0, 0.05) is 4.47 Å². The summed E-state index contributed by atoms with van der Waals surface area (Å²) in [5.74, 6) is 0. The van der Waals surface area contributed by atoms with Gasteiger partial charge in [0.25, 0.3) is 0 Å². The van der Waals surface area contributed by atoms with E-state index < -0.39 is 0 Å². The lowest BCUT2D eigenvalue weighted by atomic mass is 10.1. The minimum Gasteiger partial charge on any atom is -0.192 e. The first-order chi connectivity index (χ1) is 6.79. The van der Waals surface area contributed by atoms with Gasteiger partial charge in [-0.2, -0.15) is 16.6 Å². The van der Waals surface area contributed by atoms with E-state index in [0.717, 1.165) is 15.6 Å². The van der Waals surface area contributed by atoms with E-state index in [1.54, 1.807) is 11.3 Å². The lowest BCUT2D eigenvalue weighted by molar-refractivity contribution is 1.47. The summed E-state index contributed by atoms with van der Waals surface area (Å²) in [6.45, 7) is 0. The quantitative estimate of drug-likeness (QED) is 0.762. The van der Waals surface area contributed by atoms with Crippen LogP contribution in [0.3, 0.4) is 0 Å². The molecular weight excluding hydrogens is 258 g/mol. The molecule has 0 saturated carbocycles. The van der Waals surface area contributed by atoms with Gasteiger partial charge in [-0.1, -0.05) is 15.9 Å². The van der Waals surface area contributed by atoms with Crippen LogP contribution in [0.2, 0.25) is 0 Å². The lowest BCUT2D eigenvalue weighted by Gasteiger charge is -1.99. The van der Waals surface area contributed by atoms with Crippen LogP contribution < -0.4 is 0 Å². The summed E-state index contributed by atoms with van der Waals surface area (Å²) in [7, 11) is 0. The average molecular weight is 264 g/mol. The van der Waals surface area contributed by atoms with Gasteiger partial charge in [0.15, 0.2) is 0 Å². The van der Waals surface area contributed by atoms with E-state index in [1.165, 1.54) is 0 Å². The van der Waals surface area contributed by atoms with Crippen molar-refractivity contribution >= 4 is 27.3 Å². The fraction of sp³-hybridized carbons (Fsp3) is 0. The zero-order valence-electron chi connectivity index (χ0n) is 7.20. The third kappa shape index (κ3) is 1.87. The Hall–Kier alpha value is -1.11. The van der Waals surface area contributed by atoms with Crippen molar-refractivity contribution in [1.82, 2.24) is 0 Å². The molecule has 0 radical (unpaired) electrons. The molecule has 0 aliphatic carbocycles. The second kappa shape index (κ2) is 3.95. The summed E-state index contributed by atoms with van der Waals surface area (Å²) in [6.07, 6.45) is 0.